The molecule has 0 atom stereocenters. The third-order valence-corrected chi connectivity index (χ3v) is 2.47. The number of benzene rings is 1. The lowest BCUT2D eigenvalue weighted by atomic mass is 10.3. The van der Waals surface area contributed by atoms with Gasteiger partial charge in [-0.05, 0) is 18.2 Å². The zero-order chi connectivity index (χ0) is 12.4. The van der Waals surface area contributed by atoms with Gasteiger partial charge in [0, 0.05) is 11.4 Å². The molecule has 1 heterocycles. The zero-order valence-electron chi connectivity index (χ0n) is 9.09. The molecule has 2 rings (SSSR count). The van der Waals surface area contributed by atoms with E-state index in [1.165, 1.54) is 4.68 Å². The van der Waals surface area contributed by atoms with Crippen molar-refractivity contribution in [1.82, 2.24) is 14.8 Å². The van der Waals surface area contributed by atoms with Crippen molar-refractivity contribution in [1.29, 1.82) is 0 Å². The summed E-state index contributed by atoms with van der Waals surface area (Å²) < 4.78 is 1.50. The van der Waals surface area contributed by atoms with Gasteiger partial charge in [0.25, 0.3) is 5.82 Å². The van der Waals surface area contributed by atoms with Crippen molar-refractivity contribution in [3.05, 3.63) is 40.9 Å². The largest absolute Gasteiger partial charge is 0.475 e. The topological polar surface area (TPSA) is 68.0 Å². The number of aromatic nitrogens is 3. The first kappa shape index (κ1) is 11.6. The third-order valence-electron chi connectivity index (χ3n) is 2.23. The van der Waals surface area contributed by atoms with Crippen LogP contribution < -0.4 is 0 Å². The smallest absolute Gasteiger partial charge is 0.375 e. The predicted molar refractivity (Wildman–Crippen MR) is 62.7 cm³/mol. The van der Waals surface area contributed by atoms with Crippen molar-refractivity contribution in [2.75, 3.05) is 0 Å². The summed E-state index contributed by atoms with van der Waals surface area (Å²) in [6.07, 6.45) is 0.590. The van der Waals surface area contributed by atoms with E-state index in [0.717, 1.165) is 0 Å². The molecule has 0 amide bonds. The Morgan fingerprint density at radius 2 is 2.29 bits per heavy atom. The molecule has 0 aliphatic rings. The van der Waals surface area contributed by atoms with Crippen LogP contribution in [0.15, 0.2) is 24.3 Å². The second kappa shape index (κ2) is 4.55. The van der Waals surface area contributed by atoms with Gasteiger partial charge in [0.1, 0.15) is 5.82 Å². The molecule has 0 bridgehead atoms. The Kier molecular flexibility index (Phi) is 3.10. The second-order valence-corrected chi connectivity index (χ2v) is 3.84. The summed E-state index contributed by atoms with van der Waals surface area (Å²) >= 11 is 5.88. The molecule has 0 aliphatic heterocycles. The highest BCUT2D eigenvalue weighted by Gasteiger charge is 2.15. The maximum absolute atomic E-state index is 10.8. The highest BCUT2D eigenvalue weighted by Crippen LogP contribution is 2.16. The van der Waals surface area contributed by atoms with Crippen LogP contribution in [0.3, 0.4) is 0 Å². The summed E-state index contributed by atoms with van der Waals surface area (Å²) in [6.45, 7) is 1.89. The van der Waals surface area contributed by atoms with E-state index in [9.17, 15) is 4.79 Å². The van der Waals surface area contributed by atoms with Crippen LogP contribution in [0.1, 0.15) is 23.4 Å². The molecule has 6 heteroatoms. The highest BCUT2D eigenvalue weighted by atomic mass is 35.5. The molecule has 1 aromatic heterocycles. The average molecular weight is 252 g/mol. The van der Waals surface area contributed by atoms with E-state index < -0.39 is 5.97 Å². The lowest BCUT2D eigenvalue weighted by Crippen LogP contribution is -2.03. The van der Waals surface area contributed by atoms with Gasteiger partial charge in [-0.2, -0.15) is 0 Å². The fourth-order valence-electron chi connectivity index (χ4n) is 1.48. The van der Waals surface area contributed by atoms with Gasteiger partial charge < -0.3 is 5.11 Å². The minimum atomic E-state index is -1.14. The Hall–Kier alpha value is -1.88. The SMILES string of the molecule is CCc1nc(C(=O)O)nn1-c1cccc(Cl)c1. The first-order chi connectivity index (χ1) is 8.11. The number of hydrogen-bond donors (Lipinski definition) is 1. The van der Waals surface area contributed by atoms with Crippen LogP contribution in [0.2, 0.25) is 5.02 Å². The summed E-state index contributed by atoms with van der Waals surface area (Å²) in [5.74, 6) is -0.757. The standard InChI is InChI=1S/C11H10ClN3O2/c1-2-9-13-10(11(16)17)14-15(9)8-5-3-4-7(12)6-8/h3-6H,2H2,1H3,(H,16,17). The molecular formula is C11H10ClN3O2. The van der Waals surface area contributed by atoms with Gasteiger partial charge >= 0.3 is 5.97 Å². The number of hydrogen-bond acceptors (Lipinski definition) is 3. The van der Waals surface area contributed by atoms with Crippen molar-refractivity contribution in [3.8, 4) is 5.69 Å². The third kappa shape index (κ3) is 2.29. The number of aryl methyl sites for hydroxylation is 1. The number of nitrogens with zero attached hydrogens (tertiary/aromatic N) is 3. The predicted octanol–water partition coefficient (Wildman–Crippen LogP) is 2.18. The fourth-order valence-corrected chi connectivity index (χ4v) is 1.66. The Morgan fingerprint density at radius 1 is 1.53 bits per heavy atom. The van der Waals surface area contributed by atoms with E-state index in [0.29, 0.717) is 23.0 Å². The minimum Gasteiger partial charge on any atom is -0.475 e. The number of carbonyl (C=O) groups is 1. The molecule has 88 valence electrons. The lowest BCUT2D eigenvalue weighted by molar-refractivity contribution is 0.0683. The fraction of sp³-hybridized carbons (Fsp3) is 0.182. The molecule has 0 saturated carbocycles. The van der Waals surface area contributed by atoms with Crippen molar-refractivity contribution < 1.29 is 9.90 Å². The van der Waals surface area contributed by atoms with Crippen molar-refractivity contribution in [3.63, 3.8) is 0 Å². The van der Waals surface area contributed by atoms with Crippen LogP contribution in [0, 0.1) is 0 Å². The van der Waals surface area contributed by atoms with E-state index in [1.807, 2.05) is 6.92 Å². The lowest BCUT2D eigenvalue weighted by Gasteiger charge is -2.03. The minimum absolute atomic E-state index is 0.207. The molecule has 0 radical (unpaired) electrons. The van der Waals surface area contributed by atoms with Crippen LogP contribution in [0.25, 0.3) is 5.69 Å². The van der Waals surface area contributed by atoms with Crippen molar-refractivity contribution in [2.45, 2.75) is 13.3 Å². The molecule has 0 spiro atoms. The molecule has 0 saturated heterocycles. The average Bonchev–Trinajstić information content (AvgIpc) is 2.73. The Bertz CT molecular complexity index is 566. The van der Waals surface area contributed by atoms with Gasteiger partial charge in [0.2, 0.25) is 0 Å². The number of halogens is 1. The summed E-state index contributed by atoms with van der Waals surface area (Å²) in [5.41, 5.74) is 0.703. The maximum atomic E-state index is 10.8. The van der Waals surface area contributed by atoms with Crippen LogP contribution in [-0.2, 0) is 6.42 Å². The van der Waals surface area contributed by atoms with Crippen molar-refractivity contribution in [2.24, 2.45) is 0 Å². The summed E-state index contributed by atoms with van der Waals surface area (Å²) in [4.78, 5) is 14.8. The molecule has 1 aromatic carbocycles. The van der Waals surface area contributed by atoms with Gasteiger partial charge in [-0.25, -0.2) is 14.5 Å². The first-order valence-corrected chi connectivity index (χ1v) is 5.44. The van der Waals surface area contributed by atoms with Crippen molar-refractivity contribution >= 4 is 17.6 Å². The molecule has 5 nitrogen and oxygen atoms in total. The van der Waals surface area contributed by atoms with E-state index in [2.05, 4.69) is 10.1 Å². The number of aromatic carboxylic acids is 1. The molecule has 0 fully saturated rings. The summed E-state index contributed by atoms with van der Waals surface area (Å²) in [5, 5.41) is 13.4. The first-order valence-electron chi connectivity index (χ1n) is 5.07. The second-order valence-electron chi connectivity index (χ2n) is 3.40. The van der Waals surface area contributed by atoms with E-state index >= 15 is 0 Å². The molecule has 0 aliphatic carbocycles. The Labute approximate surface area is 103 Å². The molecule has 17 heavy (non-hydrogen) atoms. The molecule has 2 aromatic rings. The Morgan fingerprint density at radius 3 is 2.88 bits per heavy atom. The van der Waals surface area contributed by atoms with Gasteiger partial charge in [-0.15, -0.1) is 5.10 Å². The molecule has 0 unspecified atom stereocenters. The summed E-state index contributed by atoms with van der Waals surface area (Å²) in [7, 11) is 0. The maximum Gasteiger partial charge on any atom is 0.375 e. The molecular weight excluding hydrogens is 242 g/mol. The number of rotatable bonds is 3. The van der Waals surface area contributed by atoms with Gasteiger partial charge in [-0.1, -0.05) is 24.6 Å². The molecule has 1 N–H and O–H groups in total. The van der Waals surface area contributed by atoms with E-state index in [-0.39, 0.29) is 5.82 Å². The number of carboxylic acids is 1. The zero-order valence-corrected chi connectivity index (χ0v) is 9.85. The summed E-state index contributed by atoms with van der Waals surface area (Å²) in [6, 6.07) is 7.03. The van der Waals surface area contributed by atoms with E-state index in [1.54, 1.807) is 24.3 Å². The Balaban J connectivity index is 2.54. The van der Waals surface area contributed by atoms with Crippen LogP contribution >= 0.6 is 11.6 Å². The number of carboxylic acid groups (broad SMARTS) is 1. The van der Waals surface area contributed by atoms with Gasteiger partial charge in [-0.3, -0.25) is 0 Å². The van der Waals surface area contributed by atoms with E-state index in [4.69, 9.17) is 16.7 Å². The monoisotopic (exact) mass is 251 g/mol. The van der Waals surface area contributed by atoms with Crippen LogP contribution in [-0.4, -0.2) is 25.8 Å². The van der Waals surface area contributed by atoms with Crippen LogP contribution in [0.4, 0.5) is 0 Å². The quantitative estimate of drug-likeness (QED) is 0.908. The normalized spacial score (nSPS) is 10.5. The van der Waals surface area contributed by atoms with Gasteiger partial charge in [0.05, 0.1) is 5.69 Å². The van der Waals surface area contributed by atoms with Gasteiger partial charge in [0.15, 0.2) is 0 Å². The van der Waals surface area contributed by atoms with Crippen LogP contribution in [0.5, 0.6) is 0 Å². The highest BCUT2D eigenvalue weighted by molar-refractivity contribution is 6.30.